The van der Waals surface area contributed by atoms with Crippen molar-refractivity contribution in [1.29, 1.82) is 0 Å². The van der Waals surface area contributed by atoms with Gasteiger partial charge in [0.15, 0.2) is 5.60 Å². The number of esters is 1. The van der Waals surface area contributed by atoms with Gasteiger partial charge in [-0.2, -0.15) is 0 Å². The fourth-order valence-corrected chi connectivity index (χ4v) is 4.64. The van der Waals surface area contributed by atoms with Gasteiger partial charge in [0.1, 0.15) is 0 Å². The van der Waals surface area contributed by atoms with Crippen LogP contribution in [0.3, 0.4) is 0 Å². The predicted molar refractivity (Wildman–Crippen MR) is 113 cm³/mol. The van der Waals surface area contributed by atoms with Crippen LogP contribution in [-0.2, 0) is 26.1 Å². The van der Waals surface area contributed by atoms with Crippen molar-refractivity contribution >= 4 is 27.8 Å². The molecule has 2 heterocycles. The molecule has 2 aromatic carbocycles. The van der Waals surface area contributed by atoms with E-state index in [1.807, 2.05) is 24.3 Å². The summed E-state index contributed by atoms with van der Waals surface area (Å²) in [6.07, 6.45) is 2.01. The minimum absolute atomic E-state index is 0.204. The molecule has 0 spiro atoms. The number of amides is 1. The second-order valence-electron chi connectivity index (χ2n) is 8.04. The van der Waals surface area contributed by atoms with E-state index in [4.69, 9.17) is 9.47 Å². The number of fused-ring (bicyclic) bond motifs is 1. The van der Waals surface area contributed by atoms with Crippen LogP contribution in [0.25, 0.3) is 0 Å². The van der Waals surface area contributed by atoms with Gasteiger partial charge in [-0.1, -0.05) is 46.3 Å². The zero-order chi connectivity index (χ0) is 20.5. The highest BCUT2D eigenvalue weighted by atomic mass is 79.9. The van der Waals surface area contributed by atoms with E-state index in [0.717, 1.165) is 22.9 Å². The Labute approximate surface area is 178 Å². The average molecular weight is 458 g/mol. The summed E-state index contributed by atoms with van der Waals surface area (Å²) in [5.74, 6) is -0.710. The minimum atomic E-state index is -1.21. The molecule has 0 saturated carbocycles. The van der Waals surface area contributed by atoms with Crippen LogP contribution in [0.2, 0.25) is 0 Å². The first-order valence-electron chi connectivity index (χ1n) is 9.85. The van der Waals surface area contributed by atoms with Crippen LogP contribution in [0.5, 0.6) is 0 Å². The van der Waals surface area contributed by atoms with Gasteiger partial charge in [0.25, 0.3) is 5.91 Å². The second-order valence-corrected chi connectivity index (χ2v) is 8.96. The number of nitrogens with one attached hydrogen (secondary N) is 1. The molecule has 1 unspecified atom stereocenters. The summed E-state index contributed by atoms with van der Waals surface area (Å²) in [6.45, 7) is 3.47. The van der Waals surface area contributed by atoms with Crippen LogP contribution >= 0.6 is 15.9 Å². The average Bonchev–Trinajstić information content (AvgIpc) is 2.72. The van der Waals surface area contributed by atoms with Crippen molar-refractivity contribution in [2.75, 3.05) is 19.8 Å². The number of carbonyl (C=O) groups is 2. The summed E-state index contributed by atoms with van der Waals surface area (Å²) in [4.78, 5) is 25.5. The van der Waals surface area contributed by atoms with Crippen LogP contribution in [0.15, 0.2) is 53.0 Å². The van der Waals surface area contributed by atoms with E-state index >= 15 is 0 Å². The zero-order valence-corrected chi connectivity index (χ0v) is 18.0. The maximum absolute atomic E-state index is 13.1. The van der Waals surface area contributed by atoms with Crippen molar-refractivity contribution in [3.05, 3.63) is 69.7 Å². The Kier molecular flexibility index (Phi) is 5.49. The fraction of sp³-hybridized carbons (Fsp3) is 0.391. The smallest absolute Gasteiger partial charge is 0.339 e. The fourth-order valence-electron chi connectivity index (χ4n) is 4.24. The molecule has 29 heavy (non-hydrogen) atoms. The number of ether oxygens (including phenoxy) is 2. The Balaban J connectivity index is 1.54. The molecule has 5 nitrogen and oxygen atoms in total. The van der Waals surface area contributed by atoms with Crippen molar-refractivity contribution in [3.63, 3.8) is 0 Å². The van der Waals surface area contributed by atoms with E-state index in [9.17, 15) is 9.59 Å². The molecule has 1 atom stereocenters. The number of carbonyl (C=O) groups excluding carboxylic acids is 2. The zero-order valence-electron chi connectivity index (χ0n) is 16.4. The van der Waals surface area contributed by atoms with Crippen LogP contribution in [0.1, 0.15) is 41.3 Å². The van der Waals surface area contributed by atoms with Gasteiger partial charge in [-0.05, 0) is 49.1 Å². The summed E-state index contributed by atoms with van der Waals surface area (Å²) in [5.41, 5.74) is 1.13. The van der Waals surface area contributed by atoms with Crippen molar-refractivity contribution in [2.24, 2.45) is 0 Å². The third kappa shape index (κ3) is 3.96. The number of halogens is 1. The number of rotatable bonds is 4. The topological polar surface area (TPSA) is 64.6 Å². The van der Waals surface area contributed by atoms with Crippen molar-refractivity contribution in [2.45, 2.75) is 37.2 Å². The summed E-state index contributed by atoms with van der Waals surface area (Å²) >= 11 is 3.55. The van der Waals surface area contributed by atoms with Gasteiger partial charge in [0.05, 0.1) is 5.56 Å². The first-order valence-corrected chi connectivity index (χ1v) is 10.6. The molecule has 1 fully saturated rings. The SMILES string of the molecule is CC1(C(=O)NCC2(c3cccc(Br)c3)CCOCC2)Cc2ccccc2C(=O)O1. The molecule has 0 radical (unpaired) electrons. The Hall–Kier alpha value is -2.18. The third-order valence-electron chi connectivity index (χ3n) is 6.04. The molecule has 4 rings (SSSR count). The third-order valence-corrected chi connectivity index (χ3v) is 6.53. The number of benzene rings is 2. The van der Waals surface area contributed by atoms with Crippen molar-refractivity contribution in [3.8, 4) is 0 Å². The lowest BCUT2D eigenvalue weighted by Gasteiger charge is -2.39. The first-order chi connectivity index (χ1) is 13.9. The lowest BCUT2D eigenvalue weighted by atomic mass is 9.74. The Morgan fingerprint density at radius 2 is 1.90 bits per heavy atom. The summed E-state index contributed by atoms with van der Waals surface area (Å²) in [7, 11) is 0. The molecular formula is C23H24BrNO4. The molecule has 2 aliphatic rings. The van der Waals surface area contributed by atoms with Crippen LogP contribution in [0.4, 0.5) is 0 Å². The van der Waals surface area contributed by atoms with Gasteiger partial charge in [0, 0.05) is 36.1 Å². The van der Waals surface area contributed by atoms with Gasteiger partial charge in [-0.3, -0.25) is 4.79 Å². The maximum atomic E-state index is 13.1. The van der Waals surface area contributed by atoms with E-state index in [1.165, 1.54) is 5.56 Å². The van der Waals surface area contributed by atoms with Crippen molar-refractivity contribution in [1.82, 2.24) is 5.32 Å². The lowest BCUT2D eigenvalue weighted by Crippen LogP contribution is -2.54. The number of hydrogen-bond acceptors (Lipinski definition) is 4. The monoisotopic (exact) mass is 457 g/mol. The Bertz CT molecular complexity index is 938. The molecule has 2 aliphatic heterocycles. The second kappa shape index (κ2) is 7.92. The highest BCUT2D eigenvalue weighted by molar-refractivity contribution is 9.10. The molecule has 0 aliphatic carbocycles. The molecule has 1 saturated heterocycles. The largest absolute Gasteiger partial charge is 0.445 e. The van der Waals surface area contributed by atoms with Gasteiger partial charge < -0.3 is 14.8 Å². The molecule has 152 valence electrons. The maximum Gasteiger partial charge on any atom is 0.339 e. The number of hydrogen-bond donors (Lipinski definition) is 1. The molecule has 1 amide bonds. The Morgan fingerprint density at radius 1 is 1.14 bits per heavy atom. The summed E-state index contributed by atoms with van der Waals surface area (Å²) in [5, 5.41) is 3.09. The number of cyclic esters (lactones) is 1. The molecule has 1 N–H and O–H groups in total. The van der Waals surface area contributed by atoms with E-state index in [2.05, 4.69) is 33.4 Å². The van der Waals surface area contributed by atoms with Crippen LogP contribution in [0, 0.1) is 0 Å². The van der Waals surface area contributed by atoms with Crippen LogP contribution < -0.4 is 5.32 Å². The minimum Gasteiger partial charge on any atom is -0.445 e. The van der Waals surface area contributed by atoms with Gasteiger partial charge in [-0.15, -0.1) is 0 Å². The van der Waals surface area contributed by atoms with Gasteiger partial charge in [-0.25, -0.2) is 4.79 Å². The summed E-state index contributed by atoms with van der Waals surface area (Å²) in [6, 6.07) is 15.5. The highest BCUT2D eigenvalue weighted by Gasteiger charge is 2.44. The van der Waals surface area contributed by atoms with E-state index < -0.39 is 11.6 Å². The van der Waals surface area contributed by atoms with Crippen molar-refractivity contribution < 1.29 is 19.1 Å². The van der Waals surface area contributed by atoms with Gasteiger partial charge >= 0.3 is 5.97 Å². The molecular weight excluding hydrogens is 434 g/mol. The molecule has 0 aromatic heterocycles. The first kappa shape index (κ1) is 20.1. The Morgan fingerprint density at radius 3 is 2.66 bits per heavy atom. The standard InChI is InChI=1S/C23H24BrNO4/c1-22(14-16-5-2-3-8-19(16)20(26)29-22)21(27)25-15-23(9-11-28-12-10-23)17-6-4-7-18(24)13-17/h2-8,13H,9-12,14-15H2,1H3,(H,25,27). The normalized spacial score (nSPS) is 23.0. The molecule has 6 heteroatoms. The van der Waals surface area contributed by atoms with E-state index in [0.29, 0.717) is 31.7 Å². The van der Waals surface area contributed by atoms with Crippen LogP contribution in [-0.4, -0.2) is 37.2 Å². The lowest BCUT2D eigenvalue weighted by molar-refractivity contribution is -0.140. The van der Waals surface area contributed by atoms with E-state index in [-0.39, 0.29) is 11.3 Å². The van der Waals surface area contributed by atoms with Gasteiger partial charge in [0.2, 0.25) is 0 Å². The molecule has 0 bridgehead atoms. The highest BCUT2D eigenvalue weighted by Crippen LogP contribution is 2.36. The quantitative estimate of drug-likeness (QED) is 0.709. The molecule has 2 aromatic rings. The summed E-state index contributed by atoms with van der Waals surface area (Å²) < 4.78 is 12.2. The van der Waals surface area contributed by atoms with E-state index in [1.54, 1.807) is 19.1 Å². The predicted octanol–water partition coefficient (Wildman–Crippen LogP) is 3.79.